The molecule has 1 heterocycles. The Morgan fingerprint density at radius 3 is 2.67 bits per heavy atom. The molecule has 0 bridgehead atoms. The first kappa shape index (κ1) is 15.1. The van der Waals surface area contributed by atoms with E-state index in [2.05, 4.69) is 4.98 Å². The molecule has 2 rings (SSSR count). The lowest BCUT2D eigenvalue weighted by Gasteiger charge is -2.10. The van der Waals surface area contributed by atoms with Crippen LogP contribution >= 0.6 is 11.8 Å². The number of nitrogens with one attached hydrogen (secondary N) is 1. The highest BCUT2D eigenvalue weighted by molar-refractivity contribution is 7.98. The minimum atomic E-state index is -0.455. The number of hydrogen-bond donors (Lipinski definition) is 1. The number of aryl methyl sites for hydroxylation is 1. The largest absolute Gasteiger partial charge is 0.324 e. The summed E-state index contributed by atoms with van der Waals surface area (Å²) in [5.74, 6) is -0.176. The van der Waals surface area contributed by atoms with Gasteiger partial charge in [-0.15, -0.1) is 11.8 Å². The predicted octanol–water partition coefficient (Wildman–Crippen LogP) is 2.76. The third kappa shape index (κ3) is 2.91. The smallest absolute Gasteiger partial charge is 0.266 e. The number of nitriles is 1. The lowest BCUT2D eigenvalue weighted by Crippen LogP contribution is -2.18. The molecule has 0 amide bonds. The molecule has 1 aromatic carbocycles. The molecular formula is C16H14N2O2S. The number of aromatic nitrogens is 1. The molecule has 106 valence electrons. The van der Waals surface area contributed by atoms with Gasteiger partial charge in [-0.25, -0.2) is 0 Å². The van der Waals surface area contributed by atoms with Gasteiger partial charge in [0.05, 0.1) is 0 Å². The van der Waals surface area contributed by atoms with Gasteiger partial charge in [-0.05, 0) is 30.9 Å². The van der Waals surface area contributed by atoms with Crippen molar-refractivity contribution in [3.8, 4) is 6.07 Å². The molecule has 0 unspecified atom stereocenters. The highest BCUT2D eigenvalue weighted by atomic mass is 32.2. The molecule has 0 aliphatic carbocycles. The Morgan fingerprint density at radius 2 is 2.05 bits per heavy atom. The monoisotopic (exact) mass is 298 g/mol. The first-order chi connectivity index (χ1) is 10.1. The summed E-state index contributed by atoms with van der Waals surface area (Å²) < 4.78 is 0. The zero-order valence-electron chi connectivity index (χ0n) is 11.8. The second kappa shape index (κ2) is 6.42. The fourth-order valence-corrected chi connectivity index (χ4v) is 2.71. The van der Waals surface area contributed by atoms with Gasteiger partial charge in [0.15, 0.2) is 5.78 Å². The quantitative estimate of drug-likeness (QED) is 0.695. The van der Waals surface area contributed by atoms with E-state index in [0.29, 0.717) is 23.2 Å². The number of ketones is 1. The van der Waals surface area contributed by atoms with Crippen LogP contribution < -0.4 is 5.56 Å². The van der Waals surface area contributed by atoms with Crippen LogP contribution in [-0.2, 0) is 6.42 Å². The van der Waals surface area contributed by atoms with E-state index in [1.165, 1.54) is 17.8 Å². The highest BCUT2D eigenvalue weighted by Crippen LogP contribution is 2.23. The van der Waals surface area contributed by atoms with Gasteiger partial charge in [0.2, 0.25) is 0 Å². The number of rotatable bonds is 4. The van der Waals surface area contributed by atoms with E-state index in [1.807, 2.05) is 31.4 Å². The van der Waals surface area contributed by atoms with Crippen LogP contribution in [0.3, 0.4) is 0 Å². The standard InChI is InChI=1S/C16H14N2O2S/c1-3-13-12(8-10(9-17)16(20)18-13)15(19)11-6-4-5-7-14(11)21-2/h4-8H,3H2,1-2H3,(H,18,20). The van der Waals surface area contributed by atoms with Crippen LogP contribution in [0.4, 0.5) is 0 Å². The molecule has 0 atom stereocenters. The number of aromatic amines is 1. The number of H-pyrrole nitrogens is 1. The van der Waals surface area contributed by atoms with Crippen molar-refractivity contribution in [3.63, 3.8) is 0 Å². The average molecular weight is 298 g/mol. The van der Waals surface area contributed by atoms with Gasteiger partial charge in [0.25, 0.3) is 5.56 Å². The van der Waals surface area contributed by atoms with E-state index >= 15 is 0 Å². The van der Waals surface area contributed by atoms with Crippen LogP contribution in [0.15, 0.2) is 40.0 Å². The molecule has 1 aromatic heterocycles. The summed E-state index contributed by atoms with van der Waals surface area (Å²) in [7, 11) is 0. The summed E-state index contributed by atoms with van der Waals surface area (Å²) >= 11 is 1.49. The second-order valence-corrected chi connectivity index (χ2v) is 5.25. The molecule has 2 aromatic rings. The number of hydrogen-bond acceptors (Lipinski definition) is 4. The van der Waals surface area contributed by atoms with Crippen molar-refractivity contribution in [1.29, 1.82) is 5.26 Å². The molecule has 0 fully saturated rings. The molecule has 4 nitrogen and oxygen atoms in total. The Bertz CT molecular complexity index is 788. The van der Waals surface area contributed by atoms with Crippen molar-refractivity contribution >= 4 is 17.5 Å². The molecule has 21 heavy (non-hydrogen) atoms. The summed E-state index contributed by atoms with van der Waals surface area (Å²) in [6.07, 6.45) is 2.42. The van der Waals surface area contributed by atoms with Gasteiger partial charge in [-0.3, -0.25) is 9.59 Å². The van der Waals surface area contributed by atoms with Crippen LogP contribution in [0.25, 0.3) is 0 Å². The van der Waals surface area contributed by atoms with Crippen molar-refractivity contribution in [3.05, 3.63) is 63.1 Å². The Hall–Kier alpha value is -2.32. The van der Waals surface area contributed by atoms with E-state index in [0.717, 1.165) is 4.90 Å². The minimum Gasteiger partial charge on any atom is -0.324 e. The summed E-state index contributed by atoms with van der Waals surface area (Å²) in [4.78, 5) is 27.9. The minimum absolute atomic E-state index is 0.0443. The number of benzene rings is 1. The Morgan fingerprint density at radius 1 is 1.33 bits per heavy atom. The third-order valence-corrected chi connectivity index (χ3v) is 3.99. The molecule has 0 aliphatic heterocycles. The van der Waals surface area contributed by atoms with Gasteiger partial charge >= 0.3 is 0 Å². The Balaban J connectivity index is 2.63. The summed E-state index contributed by atoms with van der Waals surface area (Å²) in [6.45, 7) is 1.86. The van der Waals surface area contributed by atoms with E-state index in [1.54, 1.807) is 12.1 Å². The molecule has 0 radical (unpaired) electrons. The molecule has 5 heteroatoms. The molecule has 0 saturated carbocycles. The predicted molar refractivity (Wildman–Crippen MR) is 82.8 cm³/mol. The van der Waals surface area contributed by atoms with Crippen LogP contribution in [0.5, 0.6) is 0 Å². The van der Waals surface area contributed by atoms with E-state index < -0.39 is 5.56 Å². The normalized spacial score (nSPS) is 10.1. The zero-order chi connectivity index (χ0) is 15.4. The molecule has 0 aliphatic rings. The van der Waals surface area contributed by atoms with Gasteiger partial charge in [0.1, 0.15) is 11.6 Å². The number of pyridine rings is 1. The number of carbonyl (C=O) groups excluding carboxylic acids is 1. The summed E-state index contributed by atoms with van der Waals surface area (Å²) in [5, 5.41) is 8.97. The average Bonchev–Trinajstić information content (AvgIpc) is 2.53. The van der Waals surface area contributed by atoms with Gasteiger partial charge in [0, 0.05) is 21.7 Å². The Labute approximate surface area is 126 Å². The van der Waals surface area contributed by atoms with Crippen molar-refractivity contribution in [2.24, 2.45) is 0 Å². The van der Waals surface area contributed by atoms with E-state index in [4.69, 9.17) is 5.26 Å². The van der Waals surface area contributed by atoms with Crippen LogP contribution in [0.1, 0.15) is 34.1 Å². The van der Waals surface area contributed by atoms with Crippen LogP contribution in [0, 0.1) is 11.3 Å². The molecule has 0 saturated heterocycles. The lowest BCUT2D eigenvalue weighted by molar-refractivity contribution is 0.103. The number of nitrogens with zero attached hydrogens (tertiary/aromatic N) is 1. The van der Waals surface area contributed by atoms with Crippen molar-refractivity contribution in [2.45, 2.75) is 18.2 Å². The number of carbonyl (C=O) groups is 1. The molecular weight excluding hydrogens is 284 g/mol. The van der Waals surface area contributed by atoms with Crippen LogP contribution in [0.2, 0.25) is 0 Å². The van der Waals surface area contributed by atoms with Crippen molar-refractivity contribution in [1.82, 2.24) is 4.98 Å². The van der Waals surface area contributed by atoms with Crippen molar-refractivity contribution < 1.29 is 4.79 Å². The van der Waals surface area contributed by atoms with Crippen LogP contribution in [-0.4, -0.2) is 17.0 Å². The van der Waals surface area contributed by atoms with Crippen molar-refractivity contribution in [2.75, 3.05) is 6.26 Å². The first-order valence-electron chi connectivity index (χ1n) is 6.46. The second-order valence-electron chi connectivity index (χ2n) is 4.40. The van der Waals surface area contributed by atoms with E-state index in [-0.39, 0.29) is 11.3 Å². The maximum atomic E-state index is 12.7. The zero-order valence-corrected chi connectivity index (χ0v) is 12.6. The summed E-state index contributed by atoms with van der Waals surface area (Å²) in [5.41, 5.74) is 1.02. The number of thioether (sulfide) groups is 1. The topological polar surface area (TPSA) is 73.7 Å². The first-order valence-corrected chi connectivity index (χ1v) is 7.68. The van der Waals surface area contributed by atoms with E-state index in [9.17, 15) is 9.59 Å². The maximum Gasteiger partial charge on any atom is 0.266 e. The maximum absolute atomic E-state index is 12.7. The third-order valence-electron chi connectivity index (χ3n) is 3.19. The lowest BCUT2D eigenvalue weighted by atomic mass is 9.99. The highest BCUT2D eigenvalue weighted by Gasteiger charge is 2.18. The van der Waals surface area contributed by atoms with Gasteiger partial charge < -0.3 is 4.98 Å². The SMILES string of the molecule is CCc1[nH]c(=O)c(C#N)cc1C(=O)c1ccccc1SC. The molecule has 0 spiro atoms. The summed E-state index contributed by atoms with van der Waals surface area (Å²) in [6, 6.07) is 10.5. The Kier molecular flexibility index (Phi) is 4.61. The van der Waals surface area contributed by atoms with Gasteiger partial charge in [-0.2, -0.15) is 5.26 Å². The molecule has 1 N–H and O–H groups in total. The fraction of sp³-hybridized carbons (Fsp3) is 0.188. The van der Waals surface area contributed by atoms with Gasteiger partial charge in [-0.1, -0.05) is 19.1 Å². The fourth-order valence-electron chi connectivity index (χ4n) is 2.11.